The van der Waals surface area contributed by atoms with Crippen molar-refractivity contribution in [2.75, 3.05) is 0 Å². The summed E-state index contributed by atoms with van der Waals surface area (Å²) in [5, 5.41) is 21.3. The standard InChI is InChI=1S/C12H10Br4O4S/c13-7-1-8(14)4-11(17,3-7)21(19,20)12(18)5-9(15)2-10(16)6-12/h1-3,5,17-18H,4,6H2. The Morgan fingerprint density at radius 3 is 1.48 bits per heavy atom. The molecule has 2 N–H and O–H groups in total. The minimum absolute atomic E-state index is 0.167. The van der Waals surface area contributed by atoms with Crippen LogP contribution in [0.1, 0.15) is 12.8 Å². The summed E-state index contributed by atoms with van der Waals surface area (Å²) in [6.45, 7) is 0. The van der Waals surface area contributed by atoms with Crippen LogP contribution in [0.25, 0.3) is 0 Å². The first-order valence-electron chi connectivity index (χ1n) is 5.67. The Balaban J connectivity index is 2.54. The first kappa shape index (κ1) is 18.1. The molecule has 0 aromatic rings. The van der Waals surface area contributed by atoms with Gasteiger partial charge in [-0.2, -0.15) is 0 Å². The van der Waals surface area contributed by atoms with E-state index < -0.39 is 19.7 Å². The highest BCUT2D eigenvalue weighted by atomic mass is 79.9. The zero-order chi connectivity index (χ0) is 16.1. The highest BCUT2D eigenvalue weighted by molar-refractivity contribution is 9.12. The van der Waals surface area contributed by atoms with E-state index in [1.807, 2.05) is 0 Å². The summed E-state index contributed by atoms with van der Waals surface area (Å²) in [6, 6.07) is 0. The average molecular weight is 570 g/mol. The Hall–Kier alpha value is 0.750. The van der Waals surface area contributed by atoms with E-state index in [0.717, 1.165) is 0 Å². The van der Waals surface area contributed by atoms with Crippen molar-refractivity contribution in [3.8, 4) is 0 Å². The molecule has 9 heteroatoms. The van der Waals surface area contributed by atoms with Crippen LogP contribution in [0.4, 0.5) is 0 Å². The first-order valence-corrected chi connectivity index (χ1v) is 10.3. The minimum atomic E-state index is -4.36. The SMILES string of the molecule is O=S(=O)(C1(O)C=C(Br)C=C(Br)C1)C1(O)C=C(Br)C=C(Br)C1. The molecule has 0 saturated carbocycles. The molecule has 2 aliphatic carbocycles. The Labute approximate surface area is 156 Å². The summed E-state index contributed by atoms with van der Waals surface area (Å²) in [4.78, 5) is -4.41. The lowest BCUT2D eigenvalue weighted by atomic mass is 10.1. The second-order valence-electron chi connectivity index (χ2n) is 4.79. The predicted molar refractivity (Wildman–Crippen MR) is 96.1 cm³/mol. The van der Waals surface area contributed by atoms with Crippen molar-refractivity contribution in [2.45, 2.75) is 22.7 Å². The molecule has 2 atom stereocenters. The smallest absolute Gasteiger partial charge is 0.217 e. The van der Waals surface area contributed by atoms with Gasteiger partial charge in [-0.3, -0.25) is 0 Å². The van der Waals surface area contributed by atoms with Gasteiger partial charge in [0.25, 0.3) is 0 Å². The number of rotatable bonds is 2. The van der Waals surface area contributed by atoms with Gasteiger partial charge in [-0.1, -0.05) is 63.7 Å². The highest BCUT2D eigenvalue weighted by Crippen LogP contribution is 2.44. The van der Waals surface area contributed by atoms with E-state index in [2.05, 4.69) is 63.7 Å². The highest BCUT2D eigenvalue weighted by Gasteiger charge is 2.54. The third-order valence-corrected chi connectivity index (χ3v) is 7.41. The molecule has 116 valence electrons. The fourth-order valence-electron chi connectivity index (χ4n) is 2.15. The molecule has 0 aromatic carbocycles. The number of sulfone groups is 1. The van der Waals surface area contributed by atoms with Gasteiger partial charge in [-0.15, -0.1) is 0 Å². The molecule has 0 amide bonds. The average Bonchev–Trinajstić information content (AvgIpc) is 2.24. The van der Waals surface area contributed by atoms with Crippen molar-refractivity contribution in [1.29, 1.82) is 0 Å². The van der Waals surface area contributed by atoms with E-state index in [-0.39, 0.29) is 12.8 Å². The van der Waals surface area contributed by atoms with Gasteiger partial charge in [-0.05, 0) is 24.3 Å². The van der Waals surface area contributed by atoms with Crippen LogP contribution < -0.4 is 0 Å². The van der Waals surface area contributed by atoms with Crippen LogP contribution in [0.3, 0.4) is 0 Å². The maximum atomic E-state index is 12.8. The molecule has 4 nitrogen and oxygen atoms in total. The summed E-state index contributed by atoms with van der Waals surface area (Å²) < 4.78 is 27.5. The van der Waals surface area contributed by atoms with Crippen LogP contribution in [0.15, 0.2) is 42.2 Å². The molecule has 0 spiro atoms. The van der Waals surface area contributed by atoms with Crippen LogP contribution in [-0.2, 0) is 9.84 Å². The second-order valence-corrected chi connectivity index (χ2v) is 11.1. The van der Waals surface area contributed by atoms with E-state index in [0.29, 0.717) is 17.9 Å². The molecule has 0 radical (unpaired) electrons. The Morgan fingerprint density at radius 2 is 1.19 bits per heavy atom. The van der Waals surface area contributed by atoms with E-state index in [9.17, 15) is 18.6 Å². The van der Waals surface area contributed by atoms with Crippen LogP contribution in [0.2, 0.25) is 0 Å². The monoisotopic (exact) mass is 566 g/mol. The topological polar surface area (TPSA) is 74.6 Å². The number of allylic oxidation sites excluding steroid dienone is 4. The lowest BCUT2D eigenvalue weighted by molar-refractivity contribution is 0.132. The lowest BCUT2D eigenvalue weighted by Gasteiger charge is -2.36. The fourth-order valence-corrected chi connectivity index (χ4v) is 7.97. The maximum absolute atomic E-state index is 12.8. The zero-order valence-corrected chi connectivity index (χ0v) is 17.5. The van der Waals surface area contributed by atoms with Crippen molar-refractivity contribution in [1.82, 2.24) is 0 Å². The molecule has 2 unspecified atom stereocenters. The third kappa shape index (κ3) is 3.34. The molecule has 0 bridgehead atoms. The second kappa shape index (κ2) is 5.99. The van der Waals surface area contributed by atoms with Gasteiger partial charge in [0.15, 0.2) is 9.87 Å². The molecule has 0 fully saturated rings. The van der Waals surface area contributed by atoms with E-state index >= 15 is 0 Å². The van der Waals surface area contributed by atoms with Gasteiger partial charge in [0.1, 0.15) is 0 Å². The van der Waals surface area contributed by atoms with Crippen LogP contribution >= 0.6 is 63.7 Å². The normalized spacial score (nSPS) is 33.8. The fraction of sp³-hybridized carbons (Fsp3) is 0.333. The van der Waals surface area contributed by atoms with E-state index in [1.165, 1.54) is 12.2 Å². The summed E-state index contributed by atoms with van der Waals surface area (Å²) in [5.74, 6) is 0. The van der Waals surface area contributed by atoms with Crippen molar-refractivity contribution < 1.29 is 18.6 Å². The van der Waals surface area contributed by atoms with E-state index in [4.69, 9.17) is 0 Å². The third-order valence-electron chi connectivity index (χ3n) is 3.09. The number of aliphatic hydroxyl groups is 2. The molecular weight excluding hydrogens is 560 g/mol. The summed E-state index contributed by atoms with van der Waals surface area (Å²) in [7, 11) is -4.36. The number of hydrogen-bond acceptors (Lipinski definition) is 4. The first-order chi connectivity index (χ1) is 9.49. The molecule has 2 aliphatic rings. The quantitative estimate of drug-likeness (QED) is 0.532. The largest absolute Gasteiger partial charge is 0.371 e. The Morgan fingerprint density at radius 1 is 0.857 bits per heavy atom. The van der Waals surface area contributed by atoms with Gasteiger partial charge in [0.05, 0.1) is 0 Å². The van der Waals surface area contributed by atoms with Crippen molar-refractivity contribution in [2.24, 2.45) is 0 Å². The molecular formula is C12H10Br4O4S. The maximum Gasteiger partial charge on any atom is 0.217 e. The summed E-state index contributed by atoms with van der Waals surface area (Å²) >= 11 is 12.7. The van der Waals surface area contributed by atoms with Crippen molar-refractivity contribution in [3.05, 3.63) is 42.2 Å². The van der Waals surface area contributed by atoms with Crippen LogP contribution in [-0.4, -0.2) is 28.5 Å². The minimum Gasteiger partial charge on any atom is -0.371 e. The zero-order valence-electron chi connectivity index (χ0n) is 10.4. The van der Waals surface area contributed by atoms with Gasteiger partial charge < -0.3 is 10.2 Å². The molecule has 0 aliphatic heterocycles. The molecule has 2 rings (SSSR count). The molecule has 21 heavy (non-hydrogen) atoms. The summed E-state index contributed by atoms with van der Waals surface area (Å²) in [6.07, 6.45) is 5.32. The Kier molecular flexibility index (Phi) is 5.16. The lowest BCUT2D eigenvalue weighted by Crippen LogP contribution is -2.51. The van der Waals surface area contributed by atoms with Gasteiger partial charge >= 0.3 is 0 Å². The molecule has 0 saturated heterocycles. The number of hydrogen-bond donors (Lipinski definition) is 2. The van der Waals surface area contributed by atoms with Crippen molar-refractivity contribution >= 4 is 73.6 Å². The van der Waals surface area contributed by atoms with Gasteiger partial charge in [0.2, 0.25) is 9.84 Å². The number of halogens is 4. The molecule has 0 aromatic heterocycles. The van der Waals surface area contributed by atoms with Gasteiger partial charge in [-0.25, -0.2) is 8.42 Å². The van der Waals surface area contributed by atoms with Crippen molar-refractivity contribution in [3.63, 3.8) is 0 Å². The molecule has 0 heterocycles. The van der Waals surface area contributed by atoms with Crippen LogP contribution in [0, 0.1) is 0 Å². The van der Waals surface area contributed by atoms with Gasteiger partial charge in [0, 0.05) is 30.8 Å². The van der Waals surface area contributed by atoms with Crippen LogP contribution in [0.5, 0.6) is 0 Å². The predicted octanol–water partition coefficient (Wildman–Crippen LogP) is 3.70. The summed E-state index contributed by atoms with van der Waals surface area (Å²) in [5.41, 5.74) is 0. The Bertz CT molecular complexity index is 653. The van der Waals surface area contributed by atoms with E-state index in [1.54, 1.807) is 12.2 Å².